The van der Waals surface area contributed by atoms with Crippen LogP contribution in [0.1, 0.15) is 51.6 Å². The fourth-order valence-electron chi connectivity index (χ4n) is 2.16. The maximum atomic E-state index is 3.70. The first-order valence-electron chi connectivity index (χ1n) is 6.32. The third-order valence-corrected chi connectivity index (χ3v) is 5.54. The Hall–Kier alpha value is 0.620. The number of halogens is 2. The minimum atomic E-state index is 0.474. The molecule has 1 N–H and O–H groups in total. The van der Waals surface area contributed by atoms with E-state index in [0.717, 1.165) is 6.54 Å². The molecule has 0 aliphatic carbocycles. The molecule has 0 aromatic carbocycles. The van der Waals surface area contributed by atoms with E-state index in [4.69, 9.17) is 0 Å². The fraction of sp³-hybridized carbons (Fsp3) is 0.692. The largest absolute Gasteiger partial charge is 0.310 e. The van der Waals surface area contributed by atoms with Crippen molar-refractivity contribution in [2.24, 2.45) is 5.92 Å². The second-order valence-electron chi connectivity index (χ2n) is 4.29. The van der Waals surface area contributed by atoms with Crippen molar-refractivity contribution in [2.75, 3.05) is 6.54 Å². The minimum absolute atomic E-state index is 0.474. The van der Waals surface area contributed by atoms with Gasteiger partial charge in [-0.25, -0.2) is 0 Å². The number of hydrogen-bond donors (Lipinski definition) is 1. The first-order chi connectivity index (χ1) is 8.13. The molecule has 0 saturated carbocycles. The number of thiophene rings is 1. The van der Waals surface area contributed by atoms with E-state index in [0.29, 0.717) is 12.0 Å². The SMILES string of the molecule is CCCNC(c1cc(Br)sc1Br)C(CC)CC. The molecule has 1 heterocycles. The van der Waals surface area contributed by atoms with Crippen molar-refractivity contribution in [2.45, 2.75) is 46.1 Å². The lowest BCUT2D eigenvalue weighted by atomic mass is 9.90. The van der Waals surface area contributed by atoms with Gasteiger partial charge in [0.1, 0.15) is 0 Å². The molecule has 17 heavy (non-hydrogen) atoms. The van der Waals surface area contributed by atoms with E-state index in [1.807, 2.05) is 0 Å². The molecular weight excluding hydrogens is 362 g/mol. The van der Waals surface area contributed by atoms with Gasteiger partial charge in [0.15, 0.2) is 0 Å². The third kappa shape index (κ3) is 4.34. The summed E-state index contributed by atoms with van der Waals surface area (Å²) in [4.78, 5) is 0. The highest BCUT2D eigenvalue weighted by Gasteiger charge is 2.23. The fourth-order valence-corrected chi connectivity index (χ4v) is 5.08. The molecule has 1 rings (SSSR count). The molecule has 1 nitrogen and oxygen atoms in total. The van der Waals surface area contributed by atoms with Gasteiger partial charge in [-0.15, -0.1) is 11.3 Å². The van der Waals surface area contributed by atoms with Gasteiger partial charge in [-0.3, -0.25) is 0 Å². The molecule has 0 radical (unpaired) electrons. The van der Waals surface area contributed by atoms with E-state index in [-0.39, 0.29) is 0 Å². The Bertz CT molecular complexity index is 334. The molecular formula is C13H21Br2NS. The highest BCUT2D eigenvalue weighted by atomic mass is 79.9. The van der Waals surface area contributed by atoms with E-state index in [9.17, 15) is 0 Å². The number of rotatable bonds is 7. The van der Waals surface area contributed by atoms with Crippen molar-refractivity contribution in [3.63, 3.8) is 0 Å². The zero-order valence-corrected chi connectivity index (χ0v) is 14.7. The van der Waals surface area contributed by atoms with Crippen LogP contribution in [0.5, 0.6) is 0 Å². The van der Waals surface area contributed by atoms with Gasteiger partial charge in [0.05, 0.1) is 7.57 Å². The van der Waals surface area contributed by atoms with E-state index in [1.165, 1.54) is 32.4 Å². The predicted molar refractivity (Wildman–Crippen MR) is 84.8 cm³/mol. The van der Waals surface area contributed by atoms with Gasteiger partial charge in [-0.2, -0.15) is 0 Å². The van der Waals surface area contributed by atoms with Gasteiger partial charge in [0, 0.05) is 6.04 Å². The summed E-state index contributed by atoms with van der Waals surface area (Å²) in [5.41, 5.74) is 1.41. The summed E-state index contributed by atoms with van der Waals surface area (Å²) in [5, 5.41) is 3.70. The Morgan fingerprint density at radius 2 is 1.88 bits per heavy atom. The van der Waals surface area contributed by atoms with Crippen molar-refractivity contribution in [3.8, 4) is 0 Å². The van der Waals surface area contributed by atoms with Crippen LogP contribution in [0.15, 0.2) is 13.6 Å². The van der Waals surface area contributed by atoms with E-state index in [1.54, 1.807) is 11.3 Å². The standard InChI is InChI=1S/C13H21Br2NS/c1-4-7-16-12(9(5-2)6-3)10-8-11(14)17-13(10)15/h8-9,12,16H,4-7H2,1-3H3. The van der Waals surface area contributed by atoms with Gasteiger partial charge < -0.3 is 5.32 Å². The summed E-state index contributed by atoms with van der Waals surface area (Å²) in [7, 11) is 0. The van der Waals surface area contributed by atoms with Crippen molar-refractivity contribution in [1.29, 1.82) is 0 Å². The maximum Gasteiger partial charge on any atom is 0.0758 e. The van der Waals surface area contributed by atoms with Crippen LogP contribution in [-0.2, 0) is 0 Å². The summed E-state index contributed by atoms with van der Waals surface area (Å²) in [6, 6.07) is 2.72. The zero-order valence-electron chi connectivity index (χ0n) is 10.7. The van der Waals surface area contributed by atoms with Crippen LogP contribution in [0.4, 0.5) is 0 Å². The second kappa shape index (κ2) is 7.93. The van der Waals surface area contributed by atoms with Crippen molar-refractivity contribution in [1.82, 2.24) is 5.32 Å². The quantitative estimate of drug-likeness (QED) is 0.632. The monoisotopic (exact) mass is 381 g/mol. The smallest absolute Gasteiger partial charge is 0.0758 e. The molecule has 0 saturated heterocycles. The first-order valence-corrected chi connectivity index (χ1v) is 8.72. The van der Waals surface area contributed by atoms with Crippen molar-refractivity contribution in [3.05, 3.63) is 19.2 Å². The number of hydrogen-bond acceptors (Lipinski definition) is 2. The third-order valence-electron chi connectivity index (χ3n) is 3.15. The zero-order chi connectivity index (χ0) is 12.8. The molecule has 0 aliphatic rings. The summed E-state index contributed by atoms with van der Waals surface area (Å²) in [5.74, 6) is 0.708. The average Bonchev–Trinajstić information content (AvgIpc) is 2.64. The molecule has 0 fully saturated rings. The van der Waals surface area contributed by atoms with Gasteiger partial charge >= 0.3 is 0 Å². The molecule has 4 heteroatoms. The molecule has 0 amide bonds. The number of nitrogens with one attached hydrogen (secondary N) is 1. The van der Waals surface area contributed by atoms with Crippen LogP contribution in [0.2, 0.25) is 0 Å². The predicted octanol–water partition coefficient (Wildman–Crippen LogP) is 5.75. The lowest BCUT2D eigenvalue weighted by Crippen LogP contribution is -2.28. The van der Waals surface area contributed by atoms with E-state index < -0.39 is 0 Å². The molecule has 0 spiro atoms. The van der Waals surface area contributed by atoms with Crippen molar-refractivity contribution >= 4 is 43.2 Å². The molecule has 0 bridgehead atoms. The Kier molecular flexibility index (Phi) is 7.31. The van der Waals surface area contributed by atoms with E-state index >= 15 is 0 Å². The first kappa shape index (κ1) is 15.7. The van der Waals surface area contributed by atoms with Crippen LogP contribution in [0, 0.1) is 5.92 Å². The lowest BCUT2D eigenvalue weighted by molar-refractivity contribution is 0.341. The van der Waals surface area contributed by atoms with Crippen LogP contribution in [-0.4, -0.2) is 6.54 Å². The lowest BCUT2D eigenvalue weighted by Gasteiger charge is -2.26. The normalized spacial score (nSPS) is 13.3. The summed E-state index contributed by atoms with van der Waals surface area (Å²) in [6.07, 6.45) is 3.62. The minimum Gasteiger partial charge on any atom is -0.310 e. The van der Waals surface area contributed by atoms with Gasteiger partial charge in [0.25, 0.3) is 0 Å². The topological polar surface area (TPSA) is 12.0 Å². The van der Waals surface area contributed by atoms with Gasteiger partial charge in [0.2, 0.25) is 0 Å². The van der Waals surface area contributed by atoms with Crippen LogP contribution < -0.4 is 5.32 Å². The summed E-state index contributed by atoms with van der Waals surface area (Å²) >= 11 is 9.02. The Morgan fingerprint density at radius 1 is 1.24 bits per heavy atom. The van der Waals surface area contributed by atoms with Gasteiger partial charge in [-0.1, -0.05) is 33.6 Å². The Balaban J connectivity index is 2.92. The van der Waals surface area contributed by atoms with Crippen molar-refractivity contribution < 1.29 is 0 Å². The van der Waals surface area contributed by atoms with Gasteiger partial charge in [-0.05, 0) is 62.4 Å². The maximum absolute atomic E-state index is 3.70. The van der Waals surface area contributed by atoms with Crippen LogP contribution in [0.3, 0.4) is 0 Å². The Labute approximate surface area is 126 Å². The summed E-state index contributed by atoms with van der Waals surface area (Å²) in [6.45, 7) is 7.87. The highest BCUT2D eigenvalue weighted by Crippen LogP contribution is 2.39. The Morgan fingerprint density at radius 3 is 2.29 bits per heavy atom. The van der Waals surface area contributed by atoms with Crippen LogP contribution in [0.25, 0.3) is 0 Å². The molecule has 1 aromatic heterocycles. The average molecular weight is 383 g/mol. The molecule has 98 valence electrons. The molecule has 0 aliphatic heterocycles. The van der Waals surface area contributed by atoms with Crippen LogP contribution >= 0.6 is 43.2 Å². The summed E-state index contributed by atoms with van der Waals surface area (Å²) < 4.78 is 2.46. The van der Waals surface area contributed by atoms with E-state index in [2.05, 4.69) is 64.0 Å². The molecule has 1 unspecified atom stereocenters. The highest BCUT2D eigenvalue weighted by molar-refractivity contribution is 9.12. The molecule has 1 atom stereocenters. The molecule has 1 aromatic rings. The second-order valence-corrected chi connectivity index (χ2v) is 8.04.